The number of rotatable bonds is 6. The van der Waals surface area contributed by atoms with Crippen LogP contribution in [0.25, 0.3) is 0 Å². The number of hydrogen-bond donors (Lipinski definition) is 1. The molecule has 2 heterocycles. The van der Waals surface area contributed by atoms with Crippen molar-refractivity contribution in [2.24, 2.45) is 4.99 Å². The molecule has 1 N–H and O–H groups in total. The van der Waals surface area contributed by atoms with E-state index in [1.54, 1.807) is 4.90 Å². The molecule has 0 aromatic carbocycles. The van der Waals surface area contributed by atoms with E-state index in [1.807, 2.05) is 20.8 Å². The number of piperazine rings is 1. The Morgan fingerprint density at radius 1 is 1.23 bits per heavy atom. The summed E-state index contributed by atoms with van der Waals surface area (Å²) in [6, 6.07) is 0.220. The third kappa shape index (κ3) is 6.07. The number of unbranched alkanes of at least 4 members (excludes halogenated alkanes) is 2. The predicted octanol–water partition coefficient (Wildman–Crippen LogP) is 1.60. The van der Waals surface area contributed by atoms with Crippen molar-refractivity contribution in [2.75, 3.05) is 39.8 Å². The van der Waals surface area contributed by atoms with Gasteiger partial charge >= 0.3 is 12.1 Å². The number of fused-ring (bicyclic) bond motifs is 1. The number of amides is 1. The highest BCUT2D eigenvalue weighted by molar-refractivity contribution is 5.82. The lowest BCUT2D eigenvalue weighted by Gasteiger charge is -2.39. The molecule has 1 fully saturated rings. The minimum atomic E-state index is -0.471. The van der Waals surface area contributed by atoms with Crippen LogP contribution in [0, 0.1) is 0 Å². The average Bonchev–Trinajstić information content (AvgIpc) is 2.98. The maximum absolute atomic E-state index is 12.2. The molecule has 1 amide bonds. The Morgan fingerprint density at radius 2 is 2.00 bits per heavy atom. The monoisotopic (exact) mass is 368 g/mol. The summed E-state index contributed by atoms with van der Waals surface area (Å²) in [5, 5.41) is 3.39. The van der Waals surface area contributed by atoms with Crippen molar-refractivity contribution < 1.29 is 19.1 Å². The molecule has 8 nitrogen and oxygen atoms in total. The van der Waals surface area contributed by atoms with Gasteiger partial charge in [-0.05, 0) is 33.6 Å². The van der Waals surface area contributed by atoms with Gasteiger partial charge in [-0.3, -0.25) is 9.79 Å². The quantitative estimate of drug-likeness (QED) is 0.566. The third-order valence-corrected chi connectivity index (χ3v) is 4.43. The van der Waals surface area contributed by atoms with Gasteiger partial charge in [0, 0.05) is 32.6 Å². The minimum Gasteiger partial charge on any atom is -0.469 e. The smallest absolute Gasteiger partial charge is 0.410 e. The summed E-state index contributed by atoms with van der Waals surface area (Å²) in [6.07, 6.45) is 3.04. The number of guanidine groups is 1. The van der Waals surface area contributed by atoms with Gasteiger partial charge in [0.1, 0.15) is 5.60 Å². The molecule has 1 atom stereocenters. The van der Waals surface area contributed by atoms with E-state index in [0.717, 1.165) is 38.3 Å². The second kappa shape index (κ2) is 9.09. The maximum atomic E-state index is 12.2. The van der Waals surface area contributed by atoms with Gasteiger partial charge in [0.05, 0.1) is 19.7 Å². The van der Waals surface area contributed by atoms with Gasteiger partial charge in [0.2, 0.25) is 0 Å². The van der Waals surface area contributed by atoms with Crippen molar-refractivity contribution in [2.45, 2.75) is 58.1 Å². The topological polar surface area (TPSA) is 83.5 Å². The Morgan fingerprint density at radius 3 is 2.69 bits per heavy atom. The van der Waals surface area contributed by atoms with E-state index in [9.17, 15) is 9.59 Å². The summed E-state index contributed by atoms with van der Waals surface area (Å²) in [7, 11) is 1.42. The molecule has 8 heteroatoms. The zero-order valence-electron chi connectivity index (χ0n) is 16.4. The zero-order valence-corrected chi connectivity index (χ0v) is 16.4. The van der Waals surface area contributed by atoms with Gasteiger partial charge < -0.3 is 24.6 Å². The fourth-order valence-corrected chi connectivity index (χ4v) is 3.10. The Labute approximate surface area is 155 Å². The Kier molecular flexibility index (Phi) is 7.11. The van der Waals surface area contributed by atoms with Crippen LogP contribution in [0.3, 0.4) is 0 Å². The molecule has 148 valence electrons. The molecule has 1 unspecified atom stereocenters. The normalized spacial score (nSPS) is 19.7. The molecule has 2 rings (SSSR count). The van der Waals surface area contributed by atoms with E-state index in [-0.39, 0.29) is 18.1 Å². The zero-order chi connectivity index (χ0) is 19.2. The Hall–Kier alpha value is -1.99. The SMILES string of the molecule is COC(=O)CCCCCNC1=NCC2CN(C(=O)OC(C)(C)C)CCN12. The van der Waals surface area contributed by atoms with Crippen molar-refractivity contribution in [3.05, 3.63) is 0 Å². The molecule has 0 bridgehead atoms. The van der Waals surface area contributed by atoms with Crippen LogP contribution in [0.1, 0.15) is 46.5 Å². The second-order valence-electron chi connectivity index (χ2n) is 7.75. The summed E-state index contributed by atoms with van der Waals surface area (Å²) in [5.41, 5.74) is -0.471. The van der Waals surface area contributed by atoms with Gasteiger partial charge in [0.15, 0.2) is 5.96 Å². The van der Waals surface area contributed by atoms with E-state index < -0.39 is 5.60 Å². The molecule has 0 radical (unpaired) electrons. The Balaban J connectivity index is 1.67. The van der Waals surface area contributed by atoms with Crippen LogP contribution in [0.2, 0.25) is 0 Å². The lowest BCUT2D eigenvalue weighted by Crippen LogP contribution is -2.57. The number of nitrogens with one attached hydrogen (secondary N) is 1. The van der Waals surface area contributed by atoms with Crippen molar-refractivity contribution in [3.8, 4) is 0 Å². The number of methoxy groups -OCH3 is 1. The van der Waals surface area contributed by atoms with E-state index in [4.69, 9.17) is 4.74 Å². The molecule has 2 aliphatic heterocycles. The molecule has 26 heavy (non-hydrogen) atoms. The van der Waals surface area contributed by atoms with Crippen molar-refractivity contribution in [1.82, 2.24) is 15.1 Å². The highest BCUT2D eigenvalue weighted by Gasteiger charge is 2.36. The first kappa shape index (κ1) is 20.3. The number of carbonyl (C=O) groups excluding carboxylic acids is 2. The summed E-state index contributed by atoms with van der Waals surface area (Å²) in [4.78, 5) is 31.9. The highest BCUT2D eigenvalue weighted by atomic mass is 16.6. The van der Waals surface area contributed by atoms with Crippen LogP contribution in [-0.2, 0) is 14.3 Å². The molecule has 0 aromatic rings. The maximum Gasteiger partial charge on any atom is 0.410 e. The molecule has 1 saturated heterocycles. The Bertz CT molecular complexity index is 530. The summed E-state index contributed by atoms with van der Waals surface area (Å²) >= 11 is 0. The largest absolute Gasteiger partial charge is 0.469 e. The summed E-state index contributed by atoms with van der Waals surface area (Å²) in [6.45, 7) is 9.22. The van der Waals surface area contributed by atoms with Crippen LogP contribution in [-0.4, -0.2) is 79.3 Å². The van der Waals surface area contributed by atoms with E-state index in [0.29, 0.717) is 26.1 Å². The van der Waals surface area contributed by atoms with Crippen LogP contribution < -0.4 is 5.32 Å². The minimum absolute atomic E-state index is 0.149. The number of nitrogens with zero attached hydrogens (tertiary/aromatic N) is 3. The summed E-state index contributed by atoms with van der Waals surface area (Å²) < 4.78 is 10.1. The molecule has 2 aliphatic rings. The first-order valence-electron chi connectivity index (χ1n) is 9.40. The number of ether oxygens (including phenoxy) is 2. The van der Waals surface area contributed by atoms with Crippen molar-refractivity contribution in [3.63, 3.8) is 0 Å². The summed E-state index contributed by atoms with van der Waals surface area (Å²) in [5.74, 6) is 0.774. The van der Waals surface area contributed by atoms with Gasteiger partial charge in [-0.2, -0.15) is 0 Å². The first-order chi connectivity index (χ1) is 12.3. The number of carbonyl (C=O) groups is 2. The molecule has 0 saturated carbocycles. The number of hydrogen-bond acceptors (Lipinski definition) is 7. The van der Waals surface area contributed by atoms with Crippen molar-refractivity contribution in [1.29, 1.82) is 0 Å². The van der Waals surface area contributed by atoms with Gasteiger partial charge in [-0.15, -0.1) is 0 Å². The van der Waals surface area contributed by atoms with E-state index in [1.165, 1.54) is 7.11 Å². The fraction of sp³-hybridized carbons (Fsp3) is 0.833. The lowest BCUT2D eigenvalue weighted by atomic mass is 10.2. The first-order valence-corrected chi connectivity index (χ1v) is 9.40. The molecule has 0 spiro atoms. The fourth-order valence-electron chi connectivity index (χ4n) is 3.10. The standard InChI is InChI=1S/C18H32N4O4/c1-18(2,3)26-17(24)21-10-11-22-14(13-21)12-20-16(22)19-9-7-5-6-8-15(23)25-4/h14H,5-13H2,1-4H3,(H,19,20). The molecule has 0 aliphatic carbocycles. The molecular formula is C18H32N4O4. The molecule has 0 aromatic heterocycles. The lowest BCUT2D eigenvalue weighted by molar-refractivity contribution is -0.140. The van der Waals surface area contributed by atoms with Gasteiger partial charge in [0.25, 0.3) is 0 Å². The van der Waals surface area contributed by atoms with E-state index >= 15 is 0 Å². The predicted molar refractivity (Wildman–Crippen MR) is 99.1 cm³/mol. The number of aliphatic imine (C=N–C) groups is 1. The van der Waals surface area contributed by atoms with Crippen LogP contribution in [0.15, 0.2) is 4.99 Å². The molecular weight excluding hydrogens is 336 g/mol. The average molecular weight is 368 g/mol. The van der Waals surface area contributed by atoms with Gasteiger partial charge in [-0.25, -0.2) is 4.79 Å². The highest BCUT2D eigenvalue weighted by Crippen LogP contribution is 2.18. The van der Waals surface area contributed by atoms with Crippen LogP contribution >= 0.6 is 0 Å². The van der Waals surface area contributed by atoms with Crippen molar-refractivity contribution >= 4 is 18.0 Å². The van der Waals surface area contributed by atoms with Crippen LogP contribution in [0.5, 0.6) is 0 Å². The third-order valence-electron chi connectivity index (χ3n) is 4.43. The van der Waals surface area contributed by atoms with Crippen LogP contribution in [0.4, 0.5) is 4.79 Å². The second-order valence-corrected chi connectivity index (χ2v) is 7.75. The number of esters is 1. The van der Waals surface area contributed by atoms with E-state index in [2.05, 4.69) is 19.9 Å². The van der Waals surface area contributed by atoms with Gasteiger partial charge in [-0.1, -0.05) is 6.42 Å².